The maximum Gasteiger partial charge on any atom is 0.329 e. The normalized spacial score (nSPS) is 10.8. The number of nitrogens with one attached hydrogen (secondary N) is 2. The van der Waals surface area contributed by atoms with E-state index in [1.165, 1.54) is 25.5 Å². The number of rotatable bonds is 7. The number of aryl methyl sites for hydroxylation is 2. The molecule has 0 heterocycles. The van der Waals surface area contributed by atoms with Crippen LogP contribution in [-0.2, 0) is 16.2 Å². The van der Waals surface area contributed by atoms with Gasteiger partial charge in [0.2, 0.25) is 0 Å². The van der Waals surface area contributed by atoms with E-state index in [-0.39, 0.29) is 17.2 Å². The topological polar surface area (TPSA) is 89.0 Å². The molecule has 7 nitrogen and oxygen atoms in total. The second-order valence-corrected chi connectivity index (χ2v) is 8.76. The van der Waals surface area contributed by atoms with Gasteiger partial charge in [-0.3, -0.25) is 9.59 Å². The van der Waals surface area contributed by atoms with Crippen LogP contribution in [-0.4, -0.2) is 25.1 Å². The first-order valence-corrected chi connectivity index (χ1v) is 11.5. The molecule has 3 aromatic carbocycles. The van der Waals surface area contributed by atoms with Crippen LogP contribution in [0.5, 0.6) is 11.5 Å². The van der Waals surface area contributed by atoms with E-state index >= 15 is 0 Å². The Morgan fingerprint density at radius 1 is 1.14 bits per heavy atom. The van der Waals surface area contributed by atoms with Crippen molar-refractivity contribution >= 4 is 51.2 Å². The Kier molecular flexibility index (Phi) is 8.84. The number of carbonyl (C=O) groups is 2. The fourth-order valence-corrected chi connectivity index (χ4v) is 3.83. The Balaban J connectivity index is 1.66. The summed E-state index contributed by atoms with van der Waals surface area (Å²) in [4.78, 5) is 24.3. The van der Waals surface area contributed by atoms with Crippen molar-refractivity contribution in [1.29, 1.82) is 0 Å². The Morgan fingerprint density at radius 2 is 1.91 bits per heavy atom. The van der Waals surface area contributed by atoms with Crippen molar-refractivity contribution in [3.05, 3.63) is 86.1 Å². The maximum absolute atomic E-state index is 14.0. The molecule has 0 fully saturated rings. The molecule has 0 saturated heterocycles. The molecule has 182 valence electrons. The number of hydrogen-bond acceptors (Lipinski definition) is 5. The SMILES string of the molecule is COc1cc(/C=N/NC(=O)C(=O)Nc2cc(C)ccc2C)cc(Br)c1OCc1c(F)cccc1Cl. The second kappa shape index (κ2) is 11.8. The first-order chi connectivity index (χ1) is 16.7. The molecule has 10 heteroatoms. The molecule has 0 aromatic heterocycles. The summed E-state index contributed by atoms with van der Waals surface area (Å²) < 4.78 is 25.7. The summed E-state index contributed by atoms with van der Waals surface area (Å²) in [6.45, 7) is 3.60. The zero-order chi connectivity index (χ0) is 25.5. The highest BCUT2D eigenvalue weighted by molar-refractivity contribution is 9.10. The van der Waals surface area contributed by atoms with E-state index in [4.69, 9.17) is 21.1 Å². The van der Waals surface area contributed by atoms with Gasteiger partial charge < -0.3 is 14.8 Å². The van der Waals surface area contributed by atoms with Gasteiger partial charge in [0, 0.05) is 11.3 Å². The summed E-state index contributed by atoms with van der Waals surface area (Å²) in [7, 11) is 1.45. The highest BCUT2D eigenvalue weighted by atomic mass is 79.9. The van der Waals surface area contributed by atoms with E-state index < -0.39 is 17.6 Å². The Morgan fingerprint density at radius 3 is 2.63 bits per heavy atom. The minimum absolute atomic E-state index is 0.112. The van der Waals surface area contributed by atoms with Crippen molar-refractivity contribution in [2.45, 2.75) is 20.5 Å². The van der Waals surface area contributed by atoms with Gasteiger partial charge in [0.05, 0.1) is 22.8 Å². The van der Waals surface area contributed by atoms with Gasteiger partial charge in [-0.2, -0.15) is 5.10 Å². The van der Waals surface area contributed by atoms with Gasteiger partial charge in [0.1, 0.15) is 12.4 Å². The van der Waals surface area contributed by atoms with Crippen LogP contribution >= 0.6 is 27.5 Å². The van der Waals surface area contributed by atoms with Crippen LogP contribution in [0, 0.1) is 19.7 Å². The molecular formula is C25H22BrClFN3O4. The maximum atomic E-state index is 14.0. The molecule has 3 aromatic rings. The summed E-state index contributed by atoms with van der Waals surface area (Å²) >= 11 is 9.45. The van der Waals surface area contributed by atoms with Crippen LogP contribution in [0.3, 0.4) is 0 Å². The summed E-state index contributed by atoms with van der Waals surface area (Å²) in [5, 5.41) is 6.65. The number of nitrogens with zero attached hydrogens (tertiary/aromatic N) is 1. The molecule has 3 rings (SSSR count). The van der Waals surface area contributed by atoms with Crippen LogP contribution in [0.2, 0.25) is 5.02 Å². The number of methoxy groups -OCH3 is 1. The Hall–Kier alpha value is -3.43. The Bertz CT molecular complexity index is 1280. The van der Waals surface area contributed by atoms with E-state index in [9.17, 15) is 14.0 Å². The molecule has 0 spiro atoms. The van der Waals surface area contributed by atoms with Gasteiger partial charge in [0.15, 0.2) is 11.5 Å². The molecule has 0 aliphatic carbocycles. The van der Waals surface area contributed by atoms with E-state index in [2.05, 4.69) is 31.8 Å². The summed E-state index contributed by atoms with van der Waals surface area (Å²) in [5.41, 5.74) is 5.28. The third kappa shape index (κ3) is 6.80. The lowest BCUT2D eigenvalue weighted by Gasteiger charge is -2.14. The summed E-state index contributed by atoms with van der Waals surface area (Å²) in [5.74, 6) is -1.57. The van der Waals surface area contributed by atoms with Gasteiger partial charge in [-0.1, -0.05) is 29.8 Å². The van der Waals surface area contributed by atoms with Crippen LogP contribution < -0.4 is 20.2 Å². The molecule has 0 aliphatic rings. The van der Waals surface area contributed by atoms with Gasteiger partial charge in [-0.25, -0.2) is 9.82 Å². The largest absolute Gasteiger partial charge is 0.493 e. The molecule has 35 heavy (non-hydrogen) atoms. The number of anilines is 1. The fraction of sp³-hybridized carbons (Fsp3) is 0.160. The molecule has 0 saturated carbocycles. The minimum Gasteiger partial charge on any atom is -0.493 e. The predicted octanol–water partition coefficient (Wildman–Crippen LogP) is 5.53. The average Bonchev–Trinajstić information content (AvgIpc) is 2.81. The quantitative estimate of drug-likeness (QED) is 0.225. The minimum atomic E-state index is -0.921. The molecule has 0 bridgehead atoms. The average molecular weight is 563 g/mol. The van der Waals surface area contributed by atoms with Gasteiger partial charge in [-0.05, 0) is 76.8 Å². The fourth-order valence-electron chi connectivity index (χ4n) is 3.03. The first-order valence-electron chi connectivity index (χ1n) is 10.3. The number of amides is 2. The molecule has 0 atom stereocenters. The van der Waals surface area contributed by atoms with Crippen LogP contribution in [0.1, 0.15) is 22.3 Å². The third-order valence-corrected chi connectivity index (χ3v) is 5.84. The second-order valence-electron chi connectivity index (χ2n) is 7.49. The third-order valence-electron chi connectivity index (χ3n) is 4.90. The van der Waals surface area contributed by atoms with Crippen molar-refractivity contribution in [3.63, 3.8) is 0 Å². The van der Waals surface area contributed by atoms with Crippen molar-refractivity contribution in [2.75, 3.05) is 12.4 Å². The lowest BCUT2D eigenvalue weighted by Crippen LogP contribution is -2.32. The molecule has 0 aliphatic heterocycles. The zero-order valence-corrected chi connectivity index (χ0v) is 21.5. The van der Waals surface area contributed by atoms with E-state index in [0.717, 1.165) is 11.1 Å². The summed E-state index contributed by atoms with van der Waals surface area (Å²) in [6, 6.07) is 13.2. The molecule has 2 N–H and O–H groups in total. The lowest BCUT2D eigenvalue weighted by atomic mass is 10.1. The molecular weight excluding hydrogens is 541 g/mol. The highest BCUT2D eigenvalue weighted by Gasteiger charge is 2.16. The Labute approximate surface area is 215 Å². The number of hydrazone groups is 1. The monoisotopic (exact) mass is 561 g/mol. The van der Waals surface area contributed by atoms with E-state index in [1.54, 1.807) is 24.3 Å². The van der Waals surface area contributed by atoms with Crippen LogP contribution in [0.15, 0.2) is 58.1 Å². The van der Waals surface area contributed by atoms with E-state index in [1.807, 2.05) is 26.0 Å². The van der Waals surface area contributed by atoms with Crippen molar-refractivity contribution in [2.24, 2.45) is 5.10 Å². The van der Waals surface area contributed by atoms with E-state index in [0.29, 0.717) is 27.2 Å². The number of halogens is 3. The van der Waals surface area contributed by atoms with Gasteiger partial charge in [-0.15, -0.1) is 0 Å². The summed E-state index contributed by atoms with van der Waals surface area (Å²) in [6.07, 6.45) is 1.34. The zero-order valence-electron chi connectivity index (χ0n) is 19.1. The highest BCUT2D eigenvalue weighted by Crippen LogP contribution is 2.37. The lowest BCUT2D eigenvalue weighted by molar-refractivity contribution is -0.136. The van der Waals surface area contributed by atoms with Crippen LogP contribution in [0.4, 0.5) is 10.1 Å². The van der Waals surface area contributed by atoms with Crippen molar-refractivity contribution < 1.29 is 23.5 Å². The first kappa shape index (κ1) is 26.2. The predicted molar refractivity (Wildman–Crippen MR) is 137 cm³/mol. The number of hydrogen-bond donors (Lipinski definition) is 2. The smallest absolute Gasteiger partial charge is 0.329 e. The van der Waals surface area contributed by atoms with Gasteiger partial charge in [0.25, 0.3) is 0 Å². The number of carbonyl (C=O) groups excluding carboxylic acids is 2. The van der Waals surface area contributed by atoms with Crippen molar-refractivity contribution in [3.8, 4) is 11.5 Å². The standard InChI is InChI=1S/C25H22BrClFN3O4/c1-14-7-8-15(2)21(9-14)30-24(32)25(33)31-29-12-16-10-18(26)23(22(11-16)34-3)35-13-17-19(27)5-4-6-20(17)28/h4-12H,13H2,1-3H3,(H,30,32)(H,31,33)/b29-12+. The molecule has 2 amide bonds. The van der Waals surface area contributed by atoms with Crippen molar-refractivity contribution in [1.82, 2.24) is 5.43 Å². The van der Waals surface area contributed by atoms with Crippen LogP contribution in [0.25, 0.3) is 0 Å². The number of benzene rings is 3. The molecule has 0 unspecified atom stereocenters. The van der Waals surface area contributed by atoms with Gasteiger partial charge >= 0.3 is 11.8 Å². The number of ether oxygens (including phenoxy) is 2. The molecule has 0 radical (unpaired) electrons.